The van der Waals surface area contributed by atoms with Gasteiger partial charge in [0.25, 0.3) is 5.91 Å². The largest absolute Gasteiger partial charge is 0.344 e. The minimum absolute atomic E-state index is 0.0696. The van der Waals surface area contributed by atoms with E-state index in [2.05, 4.69) is 36.2 Å². The highest BCUT2D eigenvalue weighted by Crippen LogP contribution is 2.41. The molecule has 1 amide bonds. The number of carbonyl (C=O) groups excluding carboxylic acids is 1. The van der Waals surface area contributed by atoms with Crippen LogP contribution in [0.5, 0.6) is 0 Å². The number of carbonyl (C=O) groups is 1. The van der Waals surface area contributed by atoms with Crippen LogP contribution in [-0.2, 0) is 0 Å². The number of hydrogen-bond donors (Lipinski definition) is 0. The molecule has 0 fully saturated rings. The summed E-state index contributed by atoms with van der Waals surface area (Å²) >= 11 is 0. The van der Waals surface area contributed by atoms with Crippen LogP contribution in [0.2, 0.25) is 0 Å². The zero-order chi connectivity index (χ0) is 15.3. The van der Waals surface area contributed by atoms with Crippen LogP contribution in [0.25, 0.3) is 10.8 Å². The highest BCUT2D eigenvalue weighted by atomic mass is 16.2. The monoisotopic (exact) mass is 288 g/mol. The fraction of sp³-hybridized carbons (Fsp3) is 0.105. The van der Waals surface area contributed by atoms with Crippen LogP contribution in [0.3, 0.4) is 0 Å². The molecule has 0 bridgehead atoms. The van der Waals surface area contributed by atoms with Gasteiger partial charge in [-0.25, -0.2) is 0 Å². The average Bonchev–Trinajstić information content (AvgIpc) is 2.82. The van der Waals surface area contributed by atoms with E-state index in [9.17, 15) is 4.79 Å². The third kappa shape index (κ3) is 1.65. The fourth-order valence-corrected chi connectivity index (χ4v) is 3.20. The van der Waals surface area contributed by atoms with Crippen LogP contribution in [0.4, 0.5) is 17.1 Å². The lowest BCUT2D eigenvalue weighted by molar-refractivity contribution is 0.0999. The first-order valence-electron chi connectivity index (χ1n) is 7.31. The van der Waals surface area contributed by atoms with E-state index in [4.69, 9.17) is 0 Å². The summed E-state index contributed by atoms with van der Waals surface area (Å²) in [5.74, 6) is 0.0696. The van der Waals surface area contributed by atoms with Crippen molar-refractivity contribution >= 4 is 33.7 Å². The van der Waals surface area contributed by atoms with E-state index in [0.717, 1.165) is 33.4 Å². The Kier molecular flexibility index (Phi) is 2.70. The first-order chi connectivity index (χ1) is 10.7. The molecule has 0 N–H and O–H groups in total. The normalized spacial score (nSPS) is 13.0. The van der Waals surface area contributed by atoms with Crippen LogP contribution >= 0.6 is 0 Å². The van der Waals surface area contributed by atoms with Crippen molar-refractivity contribution in [3.63, 3.8) is 0 Å². The smallest absolute Gasteiger partial charge is 0.258 e. The lowest BCUT2D eigenvalue weighted by Crippen LogP contribution is -2.20. The maximum absolute atomic E-state index is 12.3. The highest BCUT2D eigenvalue weighted by molar-refractivity contribution is 6.26. The maximum atomic E-state index is 12.3. The number of rotatable bonds is 2. The summed E-state index contributed by atoms with van der Waals surface area (Å²) in [6, 6.07) is 20.3. The summed E-state index contributed by atoms with van der Waals surface area (Å²) in [6.45, 7) is 0. The molecule has 1 aliphatic heterocycles. The van der Waals surface area contributed by atoms with Crippen molar-refractivity contribution in [2.24, 2.45) is 0 Å². The summed E-state index contributed by atoms with van der Waals surface area (Å²) in [7, 11) is 3.89. The predicted molar refractivity (Wildman–Crippen MR) is 91.2 cm³/mol. The van der Waals surface area contributed by atoms with Gasteiger partial charge in [0.05, 0.1) is 5.69 Å². The Morgan fingerprint density at radius 2 is 1.68 bits per heavy atom. The molecule has 22 heavy (non-hydrogen) atoms. The van der Waals surface area contributed by atoms with Crippen LogP contribution in [0.1, 0.15) is 10.4 Å². The van der Waals surface area contributed by atoms with Gasteiger partial charge in [-0.1, -0.05) is 30.3 Å². The van der Waals surface area contributed by atoms with Crippen LogP contribution in [0, 0.1) is 0 Å². The number of benzene rings is 3. The summed E-state index contributed by atoms with van der Waals surface area (Å²) < 4.78 is 0. The zero-order valence-electron chi connectivity index (χ0n) is 12.6. The lowest BCUT2D eigenvalue weighted by atomic mass is 10.0. The molecule has 3 nitrogen and oxygen atoms in total. The molecule has 1 aliphatic rings. The number of anilines is 3. The molecule has 0 atom stereocenters. The van der Waals surface area contributed by atoms with E-state index in [1.165, 1.54) is 0 Å². The van der Waals surface area contributed by atoms with Crippen LogP contribution in [-0.4, -0.2) is 20.0 Å². The third-order valence-electron chi connectivity index (χ3n) is 4.40. The van der Waals surface area contributed by atoms with Crippen molar-refractivity contribution in [1.29, 1.82) is 0 Å². The quantitative estimate of drug-likeness (QED) is 0.705. The molecular weight excluding hydrogens is 272 g/mol. The number of amides is 1. The van der Waals surface area contributed by atoms with E-state index in [-0.39, 0.29) is 5.91 Å². The second-order valence-electron chi connectivity index (χ2n) is 5.59. The molecule has 0 aromatic heterocycles. The molecule has 0 radical (unpaired) electrons. The van der Waals surface area contributed by atoms with Crippen LogP contribution < -0.4 is 9.80 Å². The van der Waals surface area contributed by atoms with E-state index >= 15 is 0 Å². The minimum atomic E-state index is 0.0696. The molecule has 3 aromatic carbocycles. The third-order valence-corrected chi connectivity index (χ3v) is 4.40. The Bertz CT molecular complexity index is 887. The second-order valence-corrected chi connectivity index (χ2v) is 5.59. The summed E-state index contributed by atoms with van der Waals surface area (Å²) in [6.07, 6.45) is 0. The molecule has 108 valence electrons. The van der Waals surface area contributed by atoms with E-state index in [1.54, 1.807) is 4.90 Å². The van der Waals surface area contributed by atoms with Gasteiger partial charge in [-0.15, -0.1) is 0 Å². The number of hydrogen-bond acceptors (Lipinski definition) is 2. The van der Waals surface area contributed by atoms with Crippen molar-refractivity contribution in [3.8, 4) is 0 Å². The predicted octanol–water partition coefficient (Wildman–Crippen LogP) is 4.20. The van der Waals surface area contributed by atoms with Gasteiger partial charge in [0.15, 0.2) is 0 Å². The second kappa shape index (κ2) is 4.60. The summed E-state index contributed by atoms with van der Waals surface area (Å²) in [5, 5.41) is 2.16. The van der Waals surface area contributed by atoms with Crippen LogP contribution in [0.15, 0.2) is 60.7 Å². The Morgan fingerprint density at radius 1 is 0.909 bits per heavy atom. The van der Waals surface area contributed by atoms with Gasteiger partial charge < -0.3 is 9.80 Å². The molecule has 3 aromatic rings. The Balaban J connectivity index is 1.97. The standard InChI is InChI=1S/C19H16N2O/c1-20(13-7-4-3-5-8-13)16-11-12-17-18-14(16)9-6-10-15(18)19(22)21(17)2/h3-12H,1-2H3. The molecule has 3 heteroatoms. The summed E-state index contributed by atoms with van der Waals surface area (Å²) in [4.78, 5) is 16.2. The van der Waals surface area contributed by atoms with Gasteiger partial charge in [-0.2, -0.15) is 0 Å². The number of nitrogens with zero attached hydrogens (tertiary/aromatic N) is 2. The van der Waals surface area contributed by atoms with E-state index in [0.29, 0.717) is 0 Å². The molecule has 0 saturated carbocycles. The van der Waals surface area contributed by atoms with Crippen molar-refractivity contribution < 1.29 is 4.79 Å². The van der Waals surface area contributed by atoms with Gasteiger partial charge >= 0.3 is 0 Å². The van der Waals surface area contributed by atoms with Gasteiger partial charge in [0.2, 0.25) is 0 Å². The Labute approximate surface area is 129 Å². The lowest BCUT2D eigenvalue weighted by Gasteiger charge is -2.22. The van der Waals surface area contributed by atoms with Crippen molar-refractivity contribution in [3.05, 3.63) is 66.2 Å². The number of para-hydroxylation sites is 1. The van der Waals surface area contributed by atoms with E-state index in [1.807, 2.05) is 43.4 Å². The van der Waals surface area contributed by atoms with Crippen molar-refractivity contribution in [1.82, 2.24) is 0 Å². The topological polar surface area (TPSA) is 23.6 Å². The SMILES string of the molecule is CN1C(=O)c2cccc3c(N(C)c4ccccc4)ccc1c23. The first kappa shape index (κ1) is 12.9. The fourth-order valence-electron chi connectivity index (χ4n) is 3.20. The summed E-state index contributed by atoms with van der Waals surface area (Å²) in [5.41, 5.74) is 4.01. The van der Waals surface area contributed by atoms with Gasteiger partial charge in [0, 0.05) is 41.8 Å². The molecule has 0 unspecified atom stereocenters. The minimum Gasteiger partial charge on any atom is -0.344 e. The molecule has 4 rings (SSSR count). The Hall–Kier alpha value is -2.81. The molecule has 0 spiro atoms. The molecule has 0 aliphatic carbocycles. The first-order valence-corrected chi connectivity index (χ1v) is 7.31. The maximum Gasteiger partial charge on any atom is 0.258 e. The average molecular weight is 288 g/mol. The molecule has 1 heterocycles. The van der Waals surface area contributed by atoms with Gasteiger partial charge in [-0.3, -0.25) is 4.79 Å². The van der Waals surface area contributed by atoms with Crippen molar-refractivity contribution in [2.75, 3.05) is 23.9 Å². The highest BCUT2D eigenvalue weighted by Gasteiger charge is 2.28. The molecular formula is C19H16N2O. The zero-order valence-corrected chi connectivity index (χ0v) is 12.6. The van der Waals surface area contributed by atoms with E-state index < -0.39 is 0 Å². The molecule has 0 saturated heterocycles. The van der Waals surface area contributed by atoms with Crippen molar-refractivity contribution in [2.45, 2.75) is 0 Å². The Morgan fingerprint density at radius 3 is 2.45 bits per heavy atom. The van der Waals surface area contributed by atoms with Gasteiger partial charge in [-0.05, 0) is 30.3 Å². The van der Waals surface area contributed by atoms with Gasteiger partial charge in [0.1, 0.15) is 0 Å².